The van der Waals surface area contributed by atoms with Gasteiger partial charge < -0.3 is 20.4 Å². The van der Waals surface area contributed by atoms with Crippen molar-refractivity contribution in [1.29, 1.82) is 0 Å². The topological polar surface area (TPSA) is 80.9 Å². The van der Waals surface area contributed by atoms with Gasteiger partial charge in [-0.15, -0.1) is 0 Å². The summed E-state index contributed by atoms with van der Waals surface area (Å²) >= 11 is 0. The SMILES string of the molecule is Oc1ccc(CCCCCCCCCCc2ccc(O)cc2O)c(O)c1. The monoisotopic (exact) mass is 358 g/mol. The fraction of sp³-hybridized carbons (Fsp3) is 0.455. The van der Waals surface area contributed by atoms with Crippen molar-refractivity contribution in [2.75, 3.05) is 0 Å². The summed E-state index contributed by atoms with van der Waals surface area (Å²) < 4.78 is 0. The van der Waals surface area contributed by atoms with Crippen LogP contribution in [0.4, 0.5) is 0 Å². The van der Waals surface area contributed by atoms with Crippen molar-refractivity contribution in [2.24, 2.45) is 0 Å². The first-order valence-corrected chi connectivity index (χ1v) is 9.58. The Bertz CT molecular complexity index is 622. The molecule has 26 heavy (non-hydrogen) atoms. The van der Waals surface area contributed by atoms with E-state index in [0.29, 0.717) is 0 Å². The molecule has 4 N–H and O–H groups in total. The second-order valence-corrected chi connectivity index (χ2v) is 6.95. The number of aryl methyl sites for hydroxylation is 2. The highest BCUT2D eigenvalue weighted by atomic mass is 16.3. The molecule has 0 atom stereocenters. The first kappa shape index (κ1) is 20.0. The molecule has 4 heteroatoms. The van der Waals surface area contributed by atoms with Crippen LogP contribution in [0.5, 0.6) is 23.0 Å². The zero-order valence-electron chi connectivity index (χ0n) is 15.3. The van der Waals surface area contributed by atoms with Gasteiger partial charge >= 0.3 is 0 Å². The maximum Gasteiger partial charge on any atom is 0.122 e. The van der Waals surface area contributed by atoms with Crippen LogP contribution in [0.2, 0.25) is 0 Å². The Morgan fingerprint density at radius 2 is 0.808 bits per heavy atom. The fourth-order valence-corrected chi connectivity index (χ4v) is 3.22. The Morgan fingerprint density at radius 3 is 1.15 bits per heavy atom. The maximum absolute atomic E-state index is 9.74. The third kappa shape index (κ3) is 6.87. The van der Waals surface area contributed by atoms with Gasteiger partial charge in [0.15, 0.2) is 0 Å². The first-order chi connectivity index (χ1) is 12.6. The molecule has 0 amide bonds. The lowest BCUT2D eigenvalue weighted by molar-refractivity contribution is 0.443. The van der Waals surface area contributed by atoms with Crippen molar-refractivity contribution in [2.45, 2.75) is 64.2 Å². The van der Waals surface area contributed by atoms with E-state index in [1.165, 1.54) is 37.8 Å². The van der Waals surface area contributed by atoms with Crippen molar-refractivity contribution >= 4 is 0 Å². The quantitative estimate of drug-likeness (QED) is 0.405. The number of phenolic OH excluding ortho intramolecular Hbond substituents is 4. The Kier molecular flexibility index (Phi) is 8.13. The standard InChI is InChI=1S/C22H30O4/c23-19-13-11-17(21(25)15-19)9-7-5-3-1-2-4-6-8-10-18-12-14-20(24)16-22(18)26/h11-16,23-26H,1-10H2. The molecule has 0 aliphatic carbocycles. The third-order valence-electron chi connectivity index (χ3n) is 4.78. The Hall–Kier alpha value is -2.36. The number of hydrogen-bond acceptors (Lipinski definition) is 4. The molecular formula is C22H30O4. The minimum Gasteiger partial charge on any atom is -0.508 e. The van der Waals surface area contributed by atoms with E-state index in [0.717, 1.165) is 49.7 Å². The summed E-state index contributed by atoms with van der Waals surface area (Å²) in [5.41, 5.74) is 1.81. The molecule has 0 saturated heterocycles. The van der Waals surface area contributed by atoms with Gasteiger partial charge in [0.05, 0.1) is 0 Å². The lowest BCUT2D eigenvalue weighted by Gasteiger charge is -2.06. The van der Waals surface area contributed by atoms with Gasteiger partial charge in [0, 0.05) is 12.1 Å². The molecule has 0 heterocycles. The van der Waals surface area contributed by atoms with Crippen LogP contribution in [-0.2, 0) is 12.8 Å². The van der Waals surface area contributed by atoms with Crippen LogP contribution in [0.25, 0.3) is 0 Å². The summed E-state index contributed by atoms with van der Waals surface area (Å²) in [6.07, 6.45) is 11.0. The second-order valence-electron chi connectivity index (χ2n) is 6.95. The normalized spacial score (nSPS) is 10.9. The van der Waals surface area contributed by atoms with E-state index in [-0.39, 0.29) is 23.0 Å². The highest BCUT2D eigenvalue weighted by Gasteiger charge is 2.03. The molecule has 0 fully saturated rings. The first-order valence-electron chi connectivity index (χ1n) is 9.58. The van der Waals surface area contributed by atoms with Crippen LogP contribution >= 0.6 is 0 Å². The highest BCUT2D eigenvalue weighted by molar-refractivity contribution is 5.39. The number of rotatable bonds is 11. The average Bonchev–Trinajstić information content (AvgIpc) is 2.59. The molecule has 0 radical (unpaired) electrons. The van der Waals surface area contributed by atoms with Crippen molar-refractivity contribution in [3.05, 3.63) is 47.5 Å². The van der Waals surface area contributed by atoms with Gasteiger partial charge in [0.1, 0.15) is 23.0 Å². The van der Waals surface area contributed by atoms with Gasteiger partial charge in [-0.05, 0) is 48.9 Å². The van der Waals surface area contributed by atoms with Crippen LogP contribution in [0.15, 0.2) is 36.4 Å². The van der Waals surface area contributed by atoms with E-state index in [9.17, 15) is 20.4 Å². The molecule has 0 aliphatic rings. The lowest BCUT2D eigenvalue weighted by atomic mass is 10.0. The minimum atomic E-state index is 0.104. The van der Waals surface area contributed by atoms with Crippen molar-refractivity contribution in [3.63, 3.8) is 0 Å². The van der Waals surface area contributed by atoms with E-state index in [4.69, 9.17) is 0 Å². The second kappa shape index (κ2) is 10.6. The molecule has 0 spiro atoms. The number of unbranched alkanes of at least 4 members (excludes halogenated alkanes) is 7. The molecule has 0 bridgehead atoms. The van der Waals surface area contributed by atoms with Gasteiger partial charge in [-0.1, -0.05) is 50.7 Å². The largest absolute Gasteiger partial charge is 0.508 e. The van der Waals surface area contributed by atoms with Gasteiger partial charge in [-0.25, -0.2) is 0 Å². The number of hydrogen-bond donors (Lipinski definition) is 4. The van der Waals surface area contributed by atoms with E-state index in [1.54, 1.807) is 24.3 Å². The lowest BCUT2D eigenvalue weighted by Crippen LogP contribution is -1.88. The van der Waals surface area contributed by atoms with Gasteiger partial charge in [0.25, 0.3) is 0 Å². The predicted molar refractivity (Wildman–Crippen MR) is 104 cm³/mol. The zero-order chi connectivity index (χ0) is 18.8. The average molecular weight is 358 g/mol. The molecule has 4 nitrogen and oxygen atoms in total. The molecule has 2 rings (SSSR count). The predicted octanol–water partition coefficient (Wildman–Crippen LogP) is 5.42. The van der Waals surface area contributed by atoms with Crippen LogP contribution in [0.1, 0.15) is 62.5 Å². The summed E-state index contributed by atoms with van der Waals surface area (Å²) in [5.74, 6) is 0.577. The van der Waals surface area contributed by atoms with Crippen molar-refractivity contribution < 1.29 is 20.4 Å². The molecular weight excluding hydrogens is 328 g/mol. The van der Waals surface area contributed by atoms with Crippen LogP contribution in [0, 0.1) is 0 Å². The summed E-state index contributed by atoms with van der Waals surface area (Å²) in [7, 11) is 0. The van der Waals surface area contributed by atoms with Crippen molar-refractivity contribution in [1.82, 2.24) is 0 Å². The molecule has 0 aromatic heterocycles. The number of aromatic hydroxyl groups is 4. The summed E-state index contributed by atoms with van der Waals surface area (Å²) in [6, 6.07) is 9.60. The molecule has 0 unspecified atom stereocenters. The summed E-state index contributed by atoms with van der Waals surface area (Å²) in [5, 5.41) is 38.0. The zero-order valence-corrected chi connectivity index (χ0v) is 15.3. The van der Waals surface area contributed by atoms with Crippen LogP contribution < -0.4 is 0 Å². The number of benzene rings is 2. The van der Waals surface area contributed by atoms with Gasteiger partial charge in [-0.3, -0.25) is 0 Å². The van der Waals surface area contributed by atoms with E-state index >= 15 is 0 Å². The maximum atomic E-state index is 9.74. The molecule has 142 valence electrons. The number of phenols is 4. The Labute approximate surface area is 155 Å². The van der Waals surface area contributed by atoms with Crippen molar-refractivity contribution in [3.8, 4) is 23.0 Å². The smallest absolute Gasteiger partial charge is 0.122 e. The molecule has 0 saturated carbocycles. The molecule has 0 aliphatic heterocycles. The van der Waals surface area contributed by atoms with E-state index < -0.39 is 0 Å². The molecule has 2 aromatic carbocycles. The Morgan fingerprint density at radius 1 is 0.462 bits per heavy atom. The fourth-order valence-electron chi connectivity index (χ4n) is 3.22. The third-order valence-corrected chi connectivity index (χ3v) is 4.78. The Balaban J connectivity index is 1.47. The van der Waals surface area contributed by atoms with Crippen LogP contribution in [0.3, 0.4) is 0 Å². The van der Waals surface area contributed by atoms with Gasteiger partial charge in [0.2, 0.25) is 0 Å². The highest BCUT2D eigenvalue weighted by Crippen LogP contribution is 2.25. The van der Waals surface area contributed by atoms with E-state index in [1.807, 2.05) is 0 Å². The minimum absolute atomic E-state index is 0.104. The van der Waals surface area contributed by atoms with E-state index in [2.05, 4.69) is 0 Å². The van der Waals surface area contributed by atoms with Gasteiger partial charge in [-0.2, -0.15) is 0 Å². The molecule has 2 aromatic rings. The summed E-state index contributed by atoms with van der Waals surface area (Å²) in [6.45, 7) is 0. The summed E-state index contributed by atoms with van der Waals surface area (Å²) in [4.78, 5) is 0. The van der Waals surface area contributed by atoms with Crippen LogP contribution in [-0.4, -0.2) is 20.4 Å².